The van der Waals surface area contributed by atoms with Crippen LogP contribution in [0.1, 0.15) is 12.2 Å². The fourth-order valence-electron chi connectivity index (χ4n) is 1.17. The maximum Gasteiger partial charge on any atom is 0.305 e. The first kappa shape index (κ1) is 12.2. The number of carbonyl (C=O) groups is 1. The minimum absolute atomic E-state index is 0.0698. The van der Waals surface area contributed by atoms with Crippen LogP contribution < -0.4 is 10.2 Å². The van der Waals surface area contributed by atoms with Crippen molar-refractivity contribution in [1.29, 1.82) is 0 Å². The number of nitrogens with zero attached hydrogens (tertiary/aromatic N) is 3. The van der Waals surface area contributed by atoms with Gasteiger partial charge in [0.15, 0.2) is 0 Å². The third-order valence-electron chi connectivity index (χ3n) is 1.93. The van der Waals surface area contributed by atoms with Gasteiger partial charge in [0.25, 0.3) is 0 Å². The Morgan fingerprint density at radius 3 is 2.75 bits per heavy atom. The Kier molecular flexibility index (Phi) is 4.04. The molecular formula is C10H16N4O2. The molecule has 16 heavy (non-hydrogen) atoms. The van der Waals surface area contributed by atoms with Gasteiger partial charge in [0.1, 0.15) is 17.5 Å². The zero-order chi connectivity index (χ0) is 12.1. The molecule has 6 heteroatoms. The first-order valence-electron chi connectivity index (χ1n) is 4.97. The molecule has 0 aliphatic heterocycles. The van der Waals surface area contributed by atoms with E-state index in [1.807, 2.05) is 19.0 Å². The van der Waals surface area contributed by atoms with Crippen LogP contribution in [0, 0.1) is 6.92 Å². The molecule has 0 fully saturated rings. The van der Waals surface area contributed by atoms with E-state index < -0.39 is 5.97 Å². The summed E-state index contributed by atoms with van der Waals surface area (Å²) >= 11 is 0. The van der Waals surface area contributed by atoms with Crippen molar-refractivity contribution in [3.63, 3.8) is 0 Å². The highest BCUT2D eigenvalue weighted by molar-refractivity contribution is 5.67. The van der Waals surface area contributed by atoms with Gasteiger partial charge in [0, 0.05) is 26.7 Å². The average Bonchev–Trinajstić information content (AvgIpc) is 2.16. The van der Waals surface area contributed by atoms with Crippen molar-refractivity contribution in [2.24, 2.45) is 0 Å². The van der Waals surface area contributed by atoms with Gasteiger partial charge in [-0.15, -0.1) is 0 Å². The summed E-state index contributed by atoms with van der Waals surface area (Å²) in [6.07, 6.45) is 0.0698. The lowest BCUT2D eigenvalue weighted by Gasteiger charge is -2.13. The molecule has 0 spiro atoms. The normalized spacial score (nSPS) is 9.94. The quantitative estimate of drug-likeness (QED) is 0.768. The molecular weight excluding hydrogens is 208 g/mol. The summed E-state index contributed by atoms with van der Waals surface area (Å²) in [7, 11) is 3.78. The molecule has 1 rings (SSSR count). The molecule has 88 valence electrons. The average molecular weight is 224 g/mol. The van der Waals surface area contributed by atoms with Crippen molar-refractivity contribution < 1.29 is 9.90 Å². The summed E-state index contributed by atoms with van der Waals surface area (Å²) in [5, 5.41) is 11.5. The summed E-state index contributed by atoms with van der Waals surface area (Å²) in [5.41, 5.74) is 0. The van der Waals surface area contributed by atoms with E-state index in [0.717, 1.165) is 5.82 Å². The van der Waals surface area contributed by atoms with Crippen LogP contribution in [0.2, 0.25) is 0 Å². The molecule has 0 aliphatic carbocycles. The Bertz CT molecular complexity index is 379. The zero-order valence-corrected chi connectivity index (χ0v) is 9.69. The predicted molar refractivity (Wildman–Crippen MR) is 61.8 cm³/mol. The third-order valence-corrected chi connectivity index (χ3v) is 1.93. The number of rotatable bonds is 5. The maximum absolute atomic E-state index is 10.4. The molecule has 0 bridgehead atoms. The SMILES string of the molecule is Cc1nc(NCCC(=O)O)cc(N(C)C)n1. The second kappa shape index (κ2) is 5.29. The number of hydrogen-bond donors (Lipinski definition) is 2. The van der Waals surface area contributed by atoms with E-state index in [2.05, 4.69) is 15.3 Å². The summed E-state index contributed by atoms with van der Waals surface area (Å²) in [6, 6.07) is 1.79. The zero-order valence-electron chi connectivity index (χ0n) is 9.69. The molecule has 1 aromatic heterocycles. The van der Waals surface area contributed by atoms with Gasteiger partial charge in [-0.1, -0.05) is 0 Å². The molecule has 6 nitrogen and oxygen atoms in total. The van der Waals surface area contributed by atoms with E-state index in [9.17, 15) is 4.79 Å². The van der Waals surface area contributed by atoms with Gasteiger partial charge in [-0.3, -0.25) is 4.79 Å². The molecule has 0 unspecified atom stereocenters. The Hall–Kier alpha value is -1.85. The van der Waals surface area contributed by atoms with Crippen LogP contribution in [0.5, 0.6) is 0 Å². The van der Waals surface area contributed by atoms with Gasteiger partial charge < -0.3 is 15.3 Å². The minimum atomic E-state index is -0.828. The highest BCUT2D eigenvalue weighted by Crippen LogP contribution is 2.13. The molecule has 1 aromatic rings. The summed E-state index contributed by atoms with van der Waals surface area (Å²) < 4.78 is 0. The van der Waals surface area contributed by atoms with E-state index in [1.165, 1.54) is 0 Å². The van der Waals surface area contributed by atoms with Crippen molar-refractivity contribution in [1.82, 2.24) is 9.97 Å². The van der Waals surface area contributed by atoms with Gasteiger partial charge in [0.05, 0.1) is 6.42 Å². The van der Waals surface area contributed by atoms with Crippen LogP contribution in [0.3, 0.4) is 0 Å². The van der Waals surface area contributed by atoms with Crippen molar-refractivity contribution in [2.45, 2.75) is 13.3 Å². The largest absolute Gasteiger partial charge is 0.481 e. The highest BCUT2D eigenvalue weighted by atomic mass is 16.4. The summed E-state index contributed by atoms with van der Waals surface area (Å²) in [6.45, 7) is 2.16. The molecule has 0 radical (unpaired) electrons. The second-order valence-electron chi connectivity index (χ2n) is 3.62. The number of hydrogen-bond acceptors (Lipinski definition) is 5. The van der Waals surface area contributed by atoms with Crippen molar-refractivity contribution >= 4 is 17.6 Å². The smallest absolute Gasteiger partial charge is 0.305 e. The Morgan fingerprint density at radius 1 is 1.50 bits per heavy atom. The van der Waals surface area contributed by atoms with Crippen LogP contribution in [-0.4, -0.2) is 41.7 Å². The van der Waals surface area contributed by atoms with Gasteiger partial charge >= 0.3 is 5.97 Å². The van der Waals surface area contributed by atoms with Crippen molar-refractivity contribution in [3.8, 4) is 0 Å². The van der Waals surface area contributed by atoms with E-state index in [-0.39, 0.29) is 6.42 Å². The standard InChI is InChI=1S/C10H16N4O2/c1-7-12-8(11-5-4-10(15)16)6-9(13-7)14(2)3/h6H,4-5H2,1-3H3,(H,15,16)(H,11,12,13). The van der Waals surface area contributed by atoms with E-state index in [0.29, 0.717) is 18.2 Å². The first-order chi connectivity index (χ1) is 7.49. The first-order valence-corrected chi connectivity index (χ1v) is 4.97. The van der Waals surface area contributed by atoms with Crippen LogP contribution >= 0.6 is 0 Å². The van der Waals surface area contributed by atoms with Crippen LogP contribution in [0.15, 0.2) is 6.07 Å². The predicted octanol–water partition coefficient (Wildman–Crippen LogP) is 0.738. The summed E-state index contributed by atoms with van der Waals surface area (Å²) in [5.74, 6) is 1.28. The third kappa shape index (κ3) is 3.72. The fourth-order valence-corrected chi connectivity index (χ4v) is 1.17. The van der Waals surface area contributed by atoms with Crippen LogP contribution in [0.25, 0.3) is 0 Å². The number of aryl methyl sites for hydroxylation is 1. The molecule has 2 N–H and O–H groups in total. The van der Waals surface area contributed by atoms with Gasteiger partial charge in [-0.05, 0) is 6.92 Å². The second-order valence-corrected chi connectivity index (χ2v) is 3.62. The topological polar surface area (TPSA) is 78.3 Å². The fraction of sp³-hybridized carbons (Fsp3) is 0.500. The minimum Gasteiger partial charge on any atom is -0.481 e. The van der Waals surface area contributed by atoms with Crippen LogP contribution in [0.4, 0.5) is 11.6 Å². The van der Waals surface area contributed by atoms with E-state index in [4.69, 9.17) is 5.11 Å². The molecule has 0 aromatic carbocycles. The van der Waals surface area contributed by atoms with Gasteiger partial charge in [-0.25, -0.2) is 9.97 Å². The van der Waals surface area contributed by atoms with Gasteiger partial charge in [-0.2, -0.15) is 0 Å². The molecule has 0 saturated carbocycles. The number of nitrogens with one attached hydrogen (secondary N) is 1. The maximum atomic E-state index is 10.4. The van der Waals surface area contributed by atoms with Crippen molar-refractivity contribution in [3.05, 3.63) is 11.9 Å². The number of carboxylic acids is 1. The molecule has 0 saturated heterocycles. The van der Waals surface area contributed by atoms with E-state index in [1.54, 1.807) is 13.0 Å². The van der Waals surface area contributed by atoms with Crippen LogP contribution in [-0.2, 0) is 4.79 Å². The molecule has 0 amide bonds. The summed E-state index contributed by atoms with van der Waals surface area (Å²) in [4.78, 5) is 20.6. The lowest BCUT2D eigenvalue weighted by Crippen LogP contribution is -2.14. The molecule has 0 atom stereocenters. The number of carboxylic acid groups (broad SMARTS) is 1. The molecule has 0 aliphatic rings. The number of aromatic nitrogens is 2. The van der Waals surface area contributed by atoms with Gasteiger partial charge in [0.2, 0.25) is 0 Å². The highest BCUT2D eigenvalue weighted by Gasteiger charge is 2.03. The lowest BCUT2D eigenvalue weighted by atomic mass is 10.4. The van der Waals surface area contributed by atoms with E-state index >= 15 is 0 Å². The Balaban J connectivity index is 2.69. The number of anilines is 2. The number of aliphatic carboxylic acids is 1. The van der Waals surface area contributed by atoms with Crippen molar-refractivity contribution in [2.75, 3.05) is 30.9 Å². The Labute approximate surface area is 94.3 Å². The monoisotopic (exact) mass is 224 g/mol. The lowest BCUT2D eigenvalue weighted by molar-refractivity contribution is -0.136. The molecule has 1 heterocycles. The Morgan fingerprint density at radius 2 is 2.19 bits per heavy atom.